The van der Waals surface area contributed by atoms with Crippen LogP contribution >= 0.6 is 0 Å². The fourth-order valence-corrected chi connectivity index (χ4v) is 0.878. The van der Waals surface area contributed by atoms with E-state index < -0.39 is 0 Å². The molecule has 0 unspecified atom stereocenters. The summed E-state index contributed by atoms with van der Waals surface area (Å²) in [4.78, 5) is 14.9. The highest BCUT2D eigenvalue weighted by Gasteiger charge is 1.92. The van der Waals surface area contributed by atoms with Crippen LogP contribution in [0.5, 0.6) is 0 Å². The van der Waals surface area contributed by atoms with E-state index in [9.17, 15) is 4.79 Å². The Morgan fingerprint density at radius 3 is 2.92 bits per heavy atom. The second-order valence-electron chi connectivity index (χ2n) is 2.56. The molecule has 0 fully saturated rings. The number of aryl methyl sites for hydroxylation is 1. The van der Waals surface area contributed by atoms with E-state index in [1.165, 1.54) is 13.2 Å². The van der Waals surface area contributed by atoms with Gasteiger partial charge in [-0.15, -0.1) is 0 Å². The highest BCUT2D eigenvalue weighted by atomic mass is 16.5. The first kappa shape index (κ1) is 9.45. The number of esters is 1. The summed E-state index contributed by atoms with van der Waals surface area (Å²) < 4.78 is 4.45. The van der Waals surface area contributed by atoms with Gasteiger partial charge in [0.15, 0.2) is 0 Å². The number of rotatable bonds is 2. The highest BCUT2D eigenvalue weighted by Crippen LogP contribution is 2.00. The molecular weight excluding hydrogens is 166 g/mol. The second-order valence-corrected chi connectivity index (χ2v) is 2.56. The third-order valence-electron chi connectivity index (χ3n) is 1.50. The van der Waals surface area contributed by atoms with Crippen molar-refractivity contribution in [3.05, 3.63) is 35.7 Å². The number of carbonyl (C=O) groups is 1. The molecule has 0 aromatic carbocycles. The zero-order chi connectivity index (χ0) is 9.68. The van der Waals surface area contributed by atoms with Crippen molar-refractivity contribution >= 4 is 12.0 Å². The molecule has 3 heteroatoms. The van der Waals surface area contributed by atoms with Crippen molar-refractivity contribution < 1.29 is 9.53 Å². The standard InChI is InChI=1S/C10H11NO2/c1-8-4-3-5-9(11-8)6-7-10(12)13-2/h3-7H,1-2H3/b7-6+. The number of methoxy groups -OCH3 is 1. The van der Waals surface area contributed by atoms with Crippen molar-refractivity contribution in [2.75, 3.05) is 7.11 Å². The van der Waals surface area contributed by atoms with Gasteiger partial charge in [0.05, 0.1) is 12.8 Å². The van der Waals surface area contributed by atoms with Crippen molar-refractivity contribution in [3.8, 4) is 0 Å². The third kappa shape index (κ3) is 3.07. The van der Waals surface area contributed by atoms with E-state index in [4.69, 9.17) is 0 Å². The zero-order valence-corrected chi connectivity index (χ0v) is 7.65. The summed E-state index contributed by atoms with van der Waals surface area (Å²) in [6.07, 6.45) is 2.97. The Labute approximate surface area is 77.1 Å². The van der Waals surface area contributed by atoms with Crippen molar-refractivity contribution in [1.82, 2.24) is 4.98 Å². The molecule has 3 nitrogen and oxygen atoms in total. The molecule has 1 aromatic rings. The van der Waals surface area contributed by atoms with E-state index in [1.807, 2.05) is 25.1 Å². The van der Waals surface area contributed by atoms with Gasteiger partial charge in [0.1, 0.15) is 0 Å². The van der Waals surface area contributed by atoms with Crippen LogP contribution in [-0.2, 0) is 9.53 Å². The van der Waals surface area contributed by atoms with Crippen LogP contribution in [0.4, 0.5) is 0 Å². The molecule has 0 spiro atoms. The fourth-order valence-electron chi connectivity index (χ4n) is 0.878. The van der Waals surface area contributed by atoms with Crippen LogP contribution < -0.4 is 0 Å². The number of pyridine rings is 1. The van der Waals surface area contributed by atoms with E-state index in [1.54, 1.807) is 6.08 Å². The van der Waals surface area contributed by atoms with E-state index in [-0.39, 0.29) is 5.97 Å². The minimum Gasteiger partial charge on any atom is -0.466 e. The molecule has 0 aliphatic heterocycles. The van der Waals surface area contributed by atoms with Gasteiger partial charge in [0.2, 0.25) is 0 Å². The van der Waals surface area contributed by atoms with Crippen LogP contribution in [0.3, 0.4) is 0 Å². The smallest absolute Gasteiger partial charge is 0.330 e. The number of hydrogen-bond acceptors (Lipinski definition) is 3. The van der Waals surface area contributed by atoms with E-state index >= 15 is 0 Å². The van der Waals surface area contributed by atoms with Gasteiger partial charge in [-0.2, -0.15) is 0 Å². The predicted molar refractivity (Wildman–Crippen MR) is 50.0 cm³/mol. The number of ether oxygens (including phenoxy) is 1. The summed E-state index contributed by atoms with van der Waals surface area (Å²) >= 11 is 0. The monoisotopic (exact) mass is 177 g/mol. The summed E-state index contributed by atoms with van der Waals surface area (Å²) in [5, 5.41) is 0. The quantitative estimate of drug-likeness (QED) is 0.508. The summed E-state index contributed by atoms with van der Waals surface area (Å²) in [6.45, 7) is 1.90. The van der Waals surface area contributed by atoms with Crippen molar-refractivity contribution in [1.29, 1.82) is 0 Å². The van der Waals surface area contributed by atoms with Crippen LogP contribution in [-0.4, -0.2) is 18.1 Å². The Morgan fingerprint density at radius 1 is 1.54 bits per heavy atom. The Morgan fingerprint density at radius 2 is 2.31 bits per heavy atom. The molecule has 0 saturated carbocycles. The SMILES string of the molecule is COC(=O)/C=C/c1cccc(C)n1. The number of carbonyl (C=O) groups excluding carboxylic acids is 1. The maximum Gasteiger partial charge on any atom is 0.330 e. The van der Waals surface area contributed by atoms with Gasteiger partial charge in [0, 0.05) is 11.8 Å². The molecule has 1 aromatic heterocycles. The van der Waals surface area contributed by atoms with Gasteiger partial charge in [0.25, 0.3) is 0 Å². The molecule has 0 radical (unpaired) electrons. The Kier molecular flexibility index (Phi) is 3.20. The van der Waals surface area contributed by atoms with Gasteiger partial charge in [-0.05, 0) is 25.1 Å². The molecule has 0 saturated heterocycles. The minimum atomic E-state index is -0.372. The van der Waals surface area contributed by atoms with E-state index in [0.717, 1.165) is 11.4 Å². The predicted octanol–water partition coefficient (Wildman–Crippen LogP) is 1.58. The normalized spacial score (nSPS) is 10.3. The average molecular weight is 177 g/mol. The first-order chi connectivity index (χ1) is 6.22. The van der Waals surface area contributed by atoms with Gasteiger partial charge >= 0.3 is 5.97 Å². The zero-order valence-electron chi connectivity index (χ0n) is 7.65. The van der Waals surface area contributed by atoms with Crippen LogP contribution in [0, 0.1) is 6.92 Å². The summed E-state index contributed by atoms with van der Waals surface area (Å²) in [5.74, 6) is -0.372. The van der Waals surface area contributed by atoms with Gasteiger partial charge in [-0.3, -0.25) is 4.98 Å². The average Bonchev–Trinajstić information content (AvgIpc) is 2.14. The number of hydrogen-bond donors (Lipinski definition) is 0. The first-order valence-electron chi connectivity index (χ1n) is 3.92. The number of aromatic nitrogens is 1. The lowest BCUT2D eigenvalue weighted by molar-refractivity contribution is -0.134. The molecule has 0 N–H and O–H groups in total. The van der Waals surface area contributed by atoms with Gasteiger partial charge in [-0.1, -0.05) is 6.07 Å². The Bertz CT molecular complexity index is 331. The molecule has 0 amide bonds. The Balaban J connectivity index is 2.74. The van der Waals surface area contributed by atoms with Crippen LogP contribution in [0.2, 0.25) is 0 Å². The van der Waals surface area contributed by atoms with Gasteiger partial charge in [-0.25, -0.2) is 4.79 Å². The molecule has 0 aliphatic rings. The third-order valence-corrected chi connectivity index (χ3v) is 1.50. The van der Waals surface area contributed by atoms with Crippen molar-refractivity contribution in [2.24, 2.45) is 0 Å². The van der Waals surface area contributed by atoms with Crippen LogP contribution in [0.15, 0.2) is 24.3 Å². The second kappa shape index (κ2) is 4.40. The first-order valence-corrected chi connectivity index (χ1v) is 3.92. The van der Waals surface area contributed by atoms with Gasteiger partial charge < -0.3 is 4.74 Å². The lowest BCUT2D eigenvalue weighted by Gasteiger charge is -1.94. The molecule has 68 valence electrons. The van der Waals surface area contributed by atoms with Crippen molar-refractivity contribution in [2.45, 2.75) is 6.92 Å². The molecule has 1 rings (SSSR count). The van der Waals surface area contributed by atoms with E-state index in [2.05, 4.69) is 9.72 Å². The number of nitrogens with zero attached hydrogens (tertiary/aromatic N) is 1. The molecule has 0 bridgehead atoms. The fraction of sp³-hybridized carbons (Fsp3) is 0.200. The summed E-state index contributed by atoms with van der Waals surface area (Å²) in [5.41, 5.74) is 1.68. The van der Waals surface area contributed by atoms with E-state index in [0.29, 0.717) is 0 Å². The molecule has 0 aliphatic carbocycles. The van der Waals surface area contributed by atoms with Crippen LogP contribution in [0.25, 0.3) is 6.08 Å². The summed E-state index contributed by atoms with van der Waals surface area (Å²) in [6, 6.07) is 5.61. The molecule has 1 heterocycles. The lowest BCUT2D eigenvalue weighted by atomic mass is 10.3. The largest absolute Gasteiger partial charge is 0.466 e. The Hall–Kier alpha value is -1.64. The molecule has 0 atom stereocenters. The molecular formula is C10H11NO2. The minimum absolute atomic E-state index is 0.372. The molecule has 13 heavy (non-hydrogen) atoms. The lowest BCUT2D eigenvalue weighted by Crippen LogP contribution is -1.93. The van der Waals surface area contributed by atoms with Crippen LogP contribution in [0.1, 0.15) is 11.4 Å². The van der Waals surface area contributed by atoms with Crippen molar-refractivity contribution in [3.63, 3.8) is 0 Å². The summed E-state index contributed by atoms with van der Waals surface area (Å²) in [7, 11) is 1.34. The maximum absolute atomic E-state index is 10.7. The maximum atomic E-state index is 10.7. The topological polar surface area (TPSA) is 39.2 Å². The highest BCUT2D eigenvalue weighted by molar-refractivity contribution is 5.86.